The Labute approximate surface area is 142 Å². The Morgan fingerprint density at radius 1 is 0.708 bits per heavy atom. The van der Waals surface area contributed by atoms with Crippen molar-refractivity contribution in [3.63, 3.8) is 0 Å². The molecule has 0 saturated carbocycles. The molecule has 118 valence electrons. The number of carbonyl (C=O) groups excluding carboxylic acids is 1. The number of hydrogen-bond acceptors (Lipinski definition) is 2. The molecule has 0 aromatic heterocycles. The summed E-state index contributed by atoms with van der Waals surface area (Å²) < 4.78 is 5.33. The van der Waals surface area contributed by atoms with Gasteiger partial charge in [-0.05, 0) is 28.8 Å². The van der Waals surface area contributed by atoms with Crippen LogP contribution in [0.1, 0.15) is 27.0 Å². The maximum Gasteiger partial charge on any atom is 0.338 e. The molecular weight excluding hydrogens is 296 g/mol. The summed E-state index contributed by atoms with van der Waals surface area (Å²) in [6.07, 6.45) is 4.07. The second-order valence-corrected chi connectivity index (χ2v) is 5.43. The monoisotopic (exact) mass is 314 g/mol. The minimum absolute atomic E-state index is 0.287. The van der Waals surface area contributed by atoms with E-state index in [-0.39, 0.29) is 12.6 Å². The fraction of sp³-hybridized carbons (Fsp3) is 0.0455. The Balaban J connectivity index is 1.59. The molecule has 3 aromatic carbocycles. The first-order valence-electron chi connectivity index (χ1n) is 7.85. The van der Waals surface area contributed by atoms with Crippen molar-refractivity contribution < 1.29 is 9.53 Å². The highest BCUT2D eigenvalue weighted by molar-refractivity contribution is 5.89. The molecule has 0 saturated heterocycles. The maximum absolute atomic E-state index is 12.1. The van der Waals surface area contributed by atoms with Crippen LogP contribution in [-0.2, 0) is 11.3 Å². The summed E-state index contributed by atoms with van der Waals surface area (Å²) in [7, 11) is 0. The normalized spacial score (nSPS) is 10.7. The van der Waals surface area contributed by atoms with Crippen molar-refractivity contribution in [3.05, 3.63) is 107 Å². The summed E-state index contributed by atoms with van der Waals surface area (Å²) in [6, 6.07) is 27.2. The molecule has 3 aromatic rings. The van der Waals surface area contributed by atoms with E-state index >= 15 is 0 Å². The zero-order valence-corrected chi connectivity index (χ0v) is 13.3. The second-order valence-electron chi connectivity index (χ2n) is 5.43. The van der Waals surface area contributed by atoms with Gasteiger partial charge in [0.2, 0.25) is 0 Å². The standard InChI is InChI=1S/C22H18O2/c23-22(24-17-20-9-5-2-6-10-20)21-15-13-19(14-16-21)12-11-18-7-3-1-4-8-18/h1-16H,17H2/b12-11+. The first kappa shape index (κ1) is 15.8. The van der Waals surface area contributed by atoms with Gasteiger partial charge >= 0.3 is 5.97 Å². The molecule has 0 bridgehead atoms. The average Bonchev–Trinajstić information content (AvgIpc) is 2.66. The maximum atomic E-state index is 12.1. The Bertz CT molecular complexity index is 804. The van der Waals surface area contributed by atoms with Crippen LogP contribution in [0.3, 0.4) is 0 Å². The van der Waals surface area contributed by atoms with Gasteiger partial charge in [-0.3, -0.25) is 0 Å². The van der Waals surface area contributed by atoms with Crippen LogP contribution in [0.15, 0.2) is 84.9 Å². The molecule has 2 heteroatoms. The molecule has 0 amide bonds. The van der Waals surface area contributed by atoms with Gasteiger partial charge in [0, 0.05) is 0 Å². The minimum atomic E-state index is -0.308. The van der Waals surface area contributed by atoms with Crippen LogP contribution in [0.25, 0.3) is 12.2 Å². The molecule has 0 spiro atoms. The van der Waals surface area contributed by atoms with Crippen molar-refractivity contribution in [3.8, 4) is 0 Å². The first-order chi connectivity index (χ1) is 11.8. The third-order valence-electron chi connectivity index (χ3n) is 3.63. The third kappa shape index (κ3) is 4.43. The predicted octanol–water partition coefficient (Wildman–Crippen LogP) is 5.21. The van der Waals surface area contributed by atoms with Gasteiger partial charge in [0.15, 0.2) is 0 Å². The Hall–Kier alpha value is -3.13. The van der Waals surface area contributed by atoms with Crippen molar-refractivity contribution in [2.24, 2.45) is 0 Å². The Morgan fingerprint density at radius 2 is 1.25 bits per heavy atom. The second kappa shape index (κ2) is 7.93. The highest BCUT2D eigenvalue weighted by Gasteiger charge is 2.06. The largest absolute Gasteiger partial charge is 0.457 e. The molecular formula is C22H18O2. The summed E-state index contributed by atoms with van der Waals surface area (Å²) in [5.41, 5.74) is 3.72. The van der Waals surface area contributed by atoms with E-state index in [2.05, 4.69) is 0 Å². The van der Waals surface area contributed by atoms with Gasteiger partial charge in [-0.25, -0.2) is 4.79 Å². The van der Waals surface area contributed by atoms with E-state index in [0.717, 1.165) is 16.7 Å². The molecule has 0 fully saturated rings. The van der Waals surface area contributed by atoms with E-state index in [1.165, 1.54) is 0 Å². The first-order valence-corrected chi connectivity index (χ1v) is 7.85. The van der Waals surface area contributed by atoms with Crippen molar-refractivity contribution >= 4 is 18.1 Å². The van der Waals surface area contributed by atoms with E-state index < -0.39 is 0 Å². The van der Waals surface area contributed by atoms with Crippen LogP contribution in [0, 0.1) is 0 Å². The van der Waals surface area contributed by atoms with Gasteiger partial charge < -0.3 is 4.74 Å². The molecule has 24 heavy (non-hydrogen) atoms. The number of carbonyl (C=O) groups is 1. The van der Waals surface area contributed by atoms with Crippen LogP contribution in [0.2, 0.25) is 0 Å². The zero-order valence-electron chi connectivity index (χ0n) is 13.3. The number of ether oxygens (including phenoxy) is 1. The summed E-state index contributed by atoms with van der Waals surface area (Å²) in [4.78, 5) is 12.1. The lowest BCUT2D eigenvalue weighted by molar-refractivity contribution is 0.0472. The number of rotatable bonds is 5. The van der Waals surface area contributed by atoms with Crippen LogP contribution in [-0.4, -0.2) is 5.97 Å². The molecule has 0 aliphatic heterocycles. The highest BCUT2D eigenvalue weighted by Crippen LogP contribution is 2.11. The lowest BCUT2D eigenvalue weighted by atomic mass is 10.1. The quantitative estimate of drug-likeness (QED) is 0.477. The smallest absolute Gasteiger partial charge is 0.338 e. The average molecular weight is 314 g/mol. The van der Waals surface area contributed by atoms with Crippen molar-refractivity contribution in [1.82, 2.24) is 0 Å². The van der Waals surface area contributed by atoms with Crippen molar-refractivity contribution in [2.75, 3.05) is 0 Å². The highest BCUT2D eigenvalue weighted by atomic mass is 16.5. The SMILES string of the molecule is O=C(OCc1ccccc1)c1ccc(/C=C/c2ccccc2)cc1. The molecule has 0 unspecified atom stereocenters. The van der Waals surface area contributed by atoms with Gasteiger partial charge in [-0.15, -0.1) is 0 Å². The summed E-state index contributed by atoms with van der Waals surface area (Å²) in [5, 5.41) is 0. The van der Waals surface area contributed by atoms with Gasteiger partial charge in [0.1, 0.15) is 6.61 Å². The summed E-state index contributed by atoms with van der Waals surface area (Å²) in [5.74, 6) is -0.308. The van der Waals surface area contributed by atoms with Crippen molar-refractivity contribution in [2.45, 2.75) is 6.61 Å². The fourth-order valence-corrected chi connectivity index (χ4v) is 2.29. The molecule has 0 atom stereocenters. The lowest BCUT2D eigenvalue weighted by Crippen LogP contribution is -2.04. The van der Waals surface area contributed by atoms with E-state index in [1.807, 2.05) is 84.9 Å². The minimum Gasteiger partial charge on any atom is -0.457 e. The summed E-state index contributed by atoms with van der Waals surface area (Å²) >= 11 is 0. The van der Waals surface area contributed by atoms with E-state index in [9.17, 15) is 4.79 Å². The van der Waals surface area contributed by atoms with Gasteiger partial charge in [-0.2, -0.15) is 0 Å². The summed E-state index contributed by atoms with van der Waals surface area (Å²) in [6.45, 7) is 0.287. The molecule has 0 heterocycles. The number of hydrogen-bond donors (Lipinski definition) is 0. The Kier molecular flexibility index (Phi) is 5.21. The number of esters is 1. The van der Waals surface area contributed by atoms with E-state index in [4.69, 9.17) is 4.74 Å². The Morgan fingerprint density at radius 3 is 1.88 bits per heavy atom. The number of benzene rings is 3. The molecule has 0 N–H and O–H groups in total. The van der Waals surface area contributed by atoms with Crippen LogP contribution >= 0.6 is 0 Å². The van der Waals surface area contributed by atoms with Crippen molar-refractivity contribution in [1.29, 1.82) is 0 Å². The molecule has 3 rings (SSSR count). The predicted molar refractivity (Wildman–Crippen MR) is 97.4 cm³/mol. The lowest BCUT2D eigenvalue weighted by Gasteiger charge is -2.05. The van der Waals surface area contributed by atoms with Gasteiger partial charge in [0.25, 0.3) is 0 Å². The van der Waals surface area contributed by atoms with Crippen LogP contribution in [0.4, 0.5) is 0 Å². The fourth-order valence-electron chi connectivity index (χ4n) is 2.29. The molecule has 2 nitrogen and oxygen atoms in total. The zero-order chi connectivity index (χ0) is 16.6. The van der Waals surface area contributed by atoms with Crippen LogP contribution < -0.4 is 0 Å². The molecule has 0 aliphatic carbocycles. The molecule has 0 aliphatic rings. The van der Waals surface area contributed by atoms with Gasteiger partial charge in [-0.1, -0.05) is 84.9 Å². The third-order valence-corrected chi connectivity index (χ3v) is 3.63. The van der Waals surface area contributed by atoms with Crippen LogP contribution in [0.5, 0.6) is 0 Å². The van der Waals surface area contributed by atoms with Gasteiger partial charge in [0.05, 0.1) is 5.56 Å². The van der Waals surface area contributed by atoms with E-state index in [0.29, 0.717) is 5.56 Å². The van der Waals surface area contributed by atoms with E-state index in [1.54, 1.807) is 12.1 Å². The molecule has 0 radical (unpaired) electrons. The topological polar surface area (TPSA) is 26.3 Å².